The first-order valence-electron chi connectivity index (χ1n) is 4.37. The molecule has 0 aliphatic heterocycles. The second kappa shape index (κ2) is 4.62. The van der Waals surface area contributed by atoms with Gasteiger partial charge in [-0.25, -0.2) is 0 Å². The van der Waals surface area contributed by atoms with Gasteiger partial charge in [-0.15, -0.1) is 0 Å². The van der Waals surface area contributed by atoms with Crippen LogP contribution in [0.25, 0.3) is 10.8 Å². The van der Waals surface area contributed by atoms with Gasteiger partial charge in [-0.05, 0) is 0 Å². The van der Waals surface area contributed by atoms with E-state index in [9.17, 15) is 4.79 Å². The topological polar surface area (TPSA) is 26.3 Å². The van der Waals surface area contributed by atoms with Crippen molar-refractivity contribution in [2.75, 3.05) is 0 Å². The molecule has 0 aliphatic rings. The van der Waals surface area contributed by atoms with E-state index in [0.29, 0.717) is 5.56 Å². The molecular formula is C11H6BrHgO2. The molecule has 71 valence electrons. The number of benzene rings is 2. The van der Waals surface area contributed by atoms with Crippen LogP contribution in [0.15, 0.2) is 40.9 Å². The Kier molecular flexibility index (Phi) is 3.41. The van der Waals surface area contributed by atoms with Crippen molar-refractivity contribution in [2.24, 2.45) is 0 Å². The molecule has 0 fully saturated rings. The van der Waals surface area contributed by atoms with Gasteiger partial charge in [0.1, 0.15) is 0 Å². The predicted molar refractivity (Wildman–Crippen MR) is 57.1 cm³/mol. The molecule has 0 saturated carbocycles. The zero-order valence-corrected chi connectivity index (χ0v) is 14.9. The van der Waals surface area contributed by atoms with E-state index in [1.54, 1.807) is 6.07 Å². The van der Waals surface area contributed by atoms with Crippen LogP contribution in [0.4, 0.5) is 0 Å². The van der Waals surface area contributed by atoms with Crippen LogP contribution in [0.5, 0.6) is 0 Å². The molecule has 0 aliphatic carbocycles. The Labute approximate surface area is 112 Å². The minimum atomic E-state index is -0.222. The molecule has 2 aromatic rings. The molecule has 0 amide bonds. The SMILES string of the molecule is O=C([O][Hg])c1ccc2c(Br)cccc2c1. The van der Waals surface area contributed by atoms with Crippen LogP contribution in [0, 0.1) is 0 Å². The molecule has 0 atom stereocenters. The monoisotopic (exact) mass is 451 g/mol. The average molecular weight is 451 g/mol. The molecular weight excluding hydrogens is 445 g/mol. The molecule has 2 nitrogen and oxygen atoms in total. The van der Waals surface area contributed by atoms with Crippen LogP contribution in [-0.2, 0) is 29.2 Å². The van der Waals surface area contributed by atoms with Crippen LogP contribution in [0.2, 0.25) is 0 Å². The molecule has 4 heteroatoms. The maximum absolute atomic E-state index is 11.4. The summed E-state index contributed by atoms with van der Waals surface area (Å²) in [4.78, 5) is 11.4. The van der Waals surface area contributed by atoms with Gasteiger partial charge in [-0.2, -0.15) is 0 Å². The van der Waals surface area contributed by atoms with Gasteiger partial charge >= 0.3 is 113 Å². The van der Waals surface area contributed by atoms with E-state index in [0.717, 1.165) is 15.2 Å². The first-order valence-corrected chi connectivity index (χ1v) is 7.41. The van der Waals surface area contributed by atoms with Crippen molar-refractivity contribution < 1.29 is 34.0 Å². The molecule has 0 radical (unpaired) electrons. The van der Waals surface area contributed by atoms with E-state index in [-0.39, 0.29) is 32.5 Å². The van der Waals surface area contributed by atoms with E-state index in [1.807, 2.05) is 30.3 Å². The summed E-state index contributed by atoms with van der Waals surface area (Å²) in [6, 6.07) is 11.5. The quantitative estimate of drug-likeness (QED) is 0.624. The van der Waals surface area contributed by atoms with Crippen molar-refractivity contribution in [3.63, 3.8) is 0 Å². The average Bonchev–Trinajstić information content (AvgIpc) is 2.28. The summed E-state index contributed by atoms with van der Waals surface area (Å²) >= 11 is 3.51. The van der Waals surface area contributed by atoms with Crippen molar-refractivity contribution >= 4 is 32.7 Å². The number of hydrogen-bond acceptors (Lipinski definition) is 2. The third-order valence-electron chi connectivity index (χ3n) is 2.19. The number of fused-ring (bicyclic) bond motifs is 1. The molecule has 2 aromatic carbocycles. The third kappa shape index (κ3) is 2.23. The van der Waals surface area contributed by atoms with Crippen LogP contribution in [-0.4, -0.2) is 5.97 Å². The molecule has 2 rings (SSSR count). The van der Waals surface area contributed by atoms with E-state index >= 15 is 0 Å². The number of halogens is 1. The molecule has 0 heterocycles. The minimum absolute atomic E-state index is 0.0458. The second-order valence-corrected chi connectivity index (χ2v) is 5.08. The summed E-state index contributed by atoms with van der Waals surface area (Å²) < 4.78 is 5.90. The second-order valence-electron chi connectivity index (χ2n) is 3.11. The van der Waals surface area contributed by atoms with E-state index in [4.69, 9.17) is 2.64 Å². The van der Waals surface area contributed by atoms with Gasteiger partial charge in [0.25, 0.3) is 0 Å². The molecule has 0 saturated heterocycles. The Morgan fingerprint density at radius 2 is 2.07 bits per heavy atom. The van der Waals surface area contributed by atoms with Crippen LogP contribution in [0.1, 0.15) is 10.4 Å². The predicted octanol–water partition coefficient (Wildman–Crippen LogP) is 3.22. The Morgan fingerprint density at radius 3 is 2.80 bits per heavy atom. The fourth-order valence-electron chi connectivity index (χ4n) is 1.45. The normalized spacial score (nSPS) is 10.3. The summed E-state index contributed by atoms with van der Waals surface area (Å²) in [6.07, 6.45) is 0. The van der Waals surface area contributed by atoms with Crippen molar-refractivity contribution in [3.8, 4) is 0 Å². The number of rotatable bonds is 1. The van der Waals surface area contributed by atoms with Crippen molar-refractivity contribution in [1.29, 1.82) is 0 Å². The van der Waals surface area contributed by atoms with Crippen molar-refractivity contribution in [2.45, 2.75) is 0 Å². The van der Waals surface area contributed by atoms with Gasteiger partial charge < -0.3 is 0 Å². The third-order valence-corrected chi connectivity index (χ3v) is 3.90. The Hall–Kier alpha value is -0.415. The van der Waals surface area contributed by atoms with Crippen LogP contribution >= 0.6 is 15.9 Å². The molecule has 0 bridgehead atoms. The Bertz CT molecular complexity index is 525. The fraction of sp³-hybridized carbons (Fsp3) is 0. The molecule has 15 heavy (non-hydrogen) atoms. The maximum atomic E-state index is 11.4. The van der Waals surface area contributed by atoms with E-state index in [1.165, 1.54) is 0 Å². The Balaban J connectivity index is 2.62. The van der Waals surface area contributed by atoms with Gasteiger partial charge in [-0.1, -0.05) is 0 Å². The van der Waals surface area contributed by atoms with Crippen molar-refractivity contribution in [1.82, 2.24) is 0 Å². The number of hydrogen-bond donors (Lipinski definition) is 0. The molecule has 0 aromatic heterocycles. The summed E-state index contributed by atoms with van der Waals surface area (Å²) in [5.41, 5.74) is 0.621. The van der Waals surface area contributed by atoms with Gasteiger partial charge in [-0.3, -0.25) is 0 Å². The van der Waals surface area contributed by atoms with Crippen LogP contribution in [0.3, 0.4) is 0 Å². The summed E-state index contributed by atoms with van der Waals surface area (Å²) in [7, 11) is 0. The number of carbonyl (C=O) groups is 1. The first-order chi connectivity index (χ1) is 7.22. The Morgan fingerprint density at radius 1 is 1.27 bits per heavy atom. The fourth-order valence-corrected chi connectivity index (χ4v) is 2.62. The summed E-state index contributed by atoms with van der Waals surface area (Å²) in [5, 5.41) is 2.15. The zero-order chi connectivity index (χ0) is 10.8. The summed E-state index contributed by atoms with van der Waals surface area (Å²) in [6.45, 7) is 0. The van der Waals surface area contributed by atoms with Gasteiger partial charge in [0.05, 0.1) is 0 Å². The van der Waals surface area contributed by atoms with Gasteiger partial charge in [0, 0.05) is 0 Å². The van der Waals surface area contributed by atoms with Crippen molar-refractivity contribution in [3.05, 3.63) is 46.4 Å². The van der Waals surface area contributed by atoms with Crippen LogP contribution < -0.4 is 0 Å². The molecule has 0 spiro atoms. The van der Waals surface area contributed by atoms with E-state index < -0.39 is 0 Å². The number of carbonyl (C=O) groups excluding carboxylic acids is 1. The van der Waals surface area contributed by atoms with Gasteiger partial charge in [0.2, 0.25) is 0 Å². The van der Waals surface area contributed by atoms with Gasteiger partial charge in [0.15, 0.2) is 0 Å². The molecule has 0 N–H and O–H groups in total. The zero-order valence-electron chi connectivity index (χ0n) is 7.87. The molecule has 0 unspecified atom stereocenters. The summed E-state index contributed by atoms with van der Waals surface area (Å²) in [5.74, 6) is -0.222. The first kappa shape index (κ1) is 11.1. The van der Waals surface area contributed by atoms with E-state index in [2.05, 4.69) is 15.9 Å². The standard InChI is InChI=1S/C11H7BrO2.Hg/c12-10-3-1-2-7-6-8(11(13)14)4-5-9(7)10;/h1-6H,(H,13,14);/q;+1/p-1.